The predicted octanol–water partition coefficient (Wildman–Crippen LogP) is 2.16. The van der Waals surface area contributed by atoms with E-state index in [0.717, 1.165) is 36.2 Å². The number of carbonyl (C=O) groups excluding carboxylic acids is 1. The minimum Gasteiger partial charge on any atom is -0.369 e. The molecule has 4 rings (SSSR count). The first-order valence-corrected chi connectivity index (χ1v) is 9.82. The van der Waals surface area contributed by atoms with Crippen LogP contribution in [0.4, 0.5) is 5.69 Å². The van der Waals surface area contributed by atoms with Crippen LogP contribution in [0, 0.1) is 11.8 Å². The van der Waals surface area contributed by atoms with Crippen molar-refractivity contribution in [3.63, 3.8) is 0 Å². The van der Waals surface area contributed by atoms with Crippen LogP contribution in [0.25, 0.3) is 11.0 Å². The molecule has 2 aliphatic rings. The summed E-state index contributed by atoms with van der Waals surface area (Å²) in [5.41, 5.74) is 5.01. The third-order valence-corrected chi connectivity index (χ3v) is 6.31. The first-order valence-electron chi connectivity index (χ1n) is 9.82. The highest BCUT2D eigenvalue weighted by molar-refractivity contribution is 5.89. The van der Waals surface area contributed by atoms with Gasteiger partial charge >= 0.3 is 0 Å². The van der Waals surface area contributed by atoms with Gasteiger partial charge in [0.2, 0.25) is 5.91 Å². The lowest BCUT2D eigenvalue weighted by Gasteiger charge is -2.43. The van der Waals surface area contributed by atoms with Gasteiger partial charge in [0.05, 0.1) is 12.0 Å². The third kappa shape index (κ3) is 3.19. The topological polar surface area (TPSA) is 73.5 Å². The van der Waals surface area contributed by atoms with Crippen LogP contribution < -0.4 is 10.4 Å². The quantitative estimate of drug-likeness (QED) is 0.865. The van der Waals surface area contributed by atoms with Crippen molar-refractivity contribution in [3.05, 3.63) is 24.5 Å². The third-order valence-electron chi connectivity index (χ3n) is 6.31. The minimum absolute atomic E-state index is 0.0442. The summed E-state index contributed by atoms with van der Waals surface area (Å²) in [6.07, 6.45) is 4.67. The number of piperidine rings is 1. The number of rotatable bonds is 3. The fourth-order valence-electron chi connectivity index (χ4n) is 4.58. The van der Waals surface area contributed by atoms with E-state index in [9.17, 15) is 4.79 Å². The number of pyridine rings is 1. The second kappa shape index (κ2) is 7.13. The standard InChI is InChI=1S/C20H29N5O2/c1-12-7-10-25(20(26)18-13(2)23-27-14(18)3)11-17(12)24(4)16-6-9-22-19-15(16)5-8-21-19/h5-6,8-9,12-14,17-18,23H,7,10-11H2,1-4H3,(H,21,22)/t12-,13?,14?,17+,18?/m1/s1. The van der Waals surface area contributed by atoms with E-state index < -0.39 is 0 Å². The second-order valence-electron chi connectivity index (χ2n) is 8.05. The lowest BCUT2D eigenvalue weighted by molar-refractivity contribution is -0.139. The number of nitrogens with zero attached hydrogens (tertiary/aromatic N) is 3. The summed E-state index contributed by atoms with van der Waals surface area (Å²) in [7, 11) is 2.13. The van der Waals surface area contributed by atoms with Gasteiger partial charge < -0.3 is 14.8 Å². The molecular weight excluding hydrogens is 342 g/mol. The SMILES string of the molecule is CC1NOC(C)C1C(=O)N1CC[C@@H](C)[C@@H](N(C)c2ccnc3[nH]ccc23)C1. The van der Waals surface area contributed by atoms with Crippen molar-refractivity contribution >= 4 is 22.6 Å². The number of anilines is 1. The van der Waals surface area contributed by atoms with Gasteiger partial charge in [-0.25, -0.2) is 4.98 Å². The minimum atomic E-state index is -0.123. The zero-order chi connectivity index (χ0) is 19.1. The van der Waals surface area contributed by atoms with E-state index in [1.807, 2.05) is 31.1 Å². The van der Waals surface area contributed by atoms with E-state index in [2.05, 4.69) is 46.5 Å². The summed E-state index contributed by atoms with van der Waals surface area (Å²) in [4.78, 5) is 30.6. The molecular formula is C20H29N5O2. The van der Waals surface area contributed by atoms with Crippen LogP contribution in [0.15, 0.2) is 24.5 Å². The number of H-pyrrole nitrogens is 1. The van der Waals surface area contributed by atoms with E-state index in [1.54, 1.807) is 0 Å². The largest absolute Gasteiger partial charge is 0.369 e. The molecule has 0 spiro atoms. The Bertz CT molecular complexity index is 812. The van der Waals surface area contributed by atoms with E-state index >= 15 is 0 Å². The van der Waals surface area contributed by atoms with Crippen LogP contribution in [-0.4, -0.2) is 59.1 Å². The maximum absolute atomic E-state index is 13.2. The van der Waals surface area contributed by atoms with E-state index in [1.165, 1.54) is 0 Å². The van der Waals surface area contributed by atoms with Gasteiger partial charge in [0.1, 0.15) is 5.65 Å². The molecule has 2 aromatic rings. The number of aromatic amines is 1. The molecule has 7 heteroatoms. The molecule has 0 aromatic carbocycles. The lowest BCUT2D eigenvalue weighted by Crippen LogP contribution is -2.55. The Morgan fingerprint density at radius 1 is 1.33 bits per heavy atom. The summed E-state index contributed by atoms with van der Waals surface area (Å²) in [5.74, 6) is 0.586. The van der Waals surface area contributed by atoms with Crippen molar-refractivity contribution < 1.29 is 9.63 Å². The smallest absolute Gasteiger partial charge is 0.230 e. The van der Waals surface area contributed by atoms with Gasteiger partial charge in [-0.15, -0.1) is 0 Å². The molecule has 1 amide bonds. The first-order chi connectivity index (χ1) is 13.0. The number of hydrogen-bond acceptors (Lipinski definition) is 5. The van der Waals surface area contributed by atoms with Gasteiger partial charge in [0, 0.05) is 55.7 Å². The molecule has 2 N–H and O–H groups in total. The number of hydroxylamine groups is 1. The van der Waals surface area contributed by atoms with Crippen molar-refractivity contribution in [2.45, 2.75) is 45.4 Å². The molecule has 2 aliphatic heterocycles. The van der Waals surface area contributed by atoms with Crippen LogP contribution in [0.3, 0.4) is 0 Å². The summed E-state index contributed by atoms with van der Waals surface area (Å²) in [6.45, 7) is 7.82. The number of carbonyl (C=O) groups is 1. The molecule has 2 aromatic heterocycles. The van der Waals surface area contributed by atoms with Crippen LogP contribution >= 0.6 is 0 Å². The Morgan fingerprint density at radius 3 is 2.89 bits per heavy atom. The maximum Gasteiger partial charge on any atom is 0.230 e. The first kappa shape index (κ1) is 18.3. The molecule has 0 aliphatic carbocycles. The van der Waals surface area contributed by atoms with E-state index in [-0.39, 0.29) is 30.0 Å². The van der Waals surface area contributed by atoms with Gasteiger partial charge in [0.15, 0.2) is 0 Å². The Hall–Kier alpha value is -2.12. The van der Waals surface area contributed by atoms with Gasteiger partial charge in [-0.05, 0) is 38.3 Å². The Balaban J connectivity index is 1.55. The Kier molecular flexibility index (Phi) is 4.82. The average molecular weight is 371 g/mol. The maximum atomic E-state index is 13.2. The van der Waals surface area contributed by atoms with Crippen molar-refractivity contribution in [2.75, 3.05) is 25.0 Å². The predicted molar refractivity (Wildman–Crippen MR) is 105 cm³/mol. The molecule has 7 nitrogen and oxygen atoms in total. The normalized spacial score (nSPS) is 31.4. The van der Waals surface area contributed by atoms with Crippen molar-refractivity contribution in [1.29, 1.82) is 0 Å². The van der Waals surface area contributed by atoms with Crippen molar-refractivity contribution in [2.24, 2.45) is 11.8 Å². The molecule has 2 saturated heterocycles. The number of likely N-dealkylation sites (tertiary alicyclic amines) is 1. The number of nitrogens with one attached hydrogen (secondary N) is 2. The van der Waals surface area contributed by atoms with Gasteiger partial charge in [-0.2, -0.15) is 5.48 Å². The molecule has 5 atom stereocenters. The highest BCUT2D eigenvalue weighted by Gasteiger charge is 2.42. The van der Waals surface area contributed by atoms with Gasteiger partial charge in [-0.3, -0.25) is 9.63 Å². The van der Waals surface area contributed by atoms with Crippen LogP contribution in [-0.2, 0) is 9.63 Å². The zero-order valence-electron chi connectivity index (χ0n) is 16.5. The summed E-state index contributed by atoms with van der Waals surface area (Å²) < 4.78 is 0. The molecule has 0 radical (unpaired) electrons. The molecule has 0 saturated carbocycles. The molecule has 3 unspecified atom stereocenters. The fourth-order valence-corrected chi connectivity index (χ4v) is 4.58. The molecule has 146 valence electrons. The van der Waals surface area contributed by atoms with Gasteiger partial charge in [-0.1, -0.05) is 6.92 Å². The van der Waals surface area contributed by atoms with Crippen LogP contribution in [0.1, 0.15) is 27.2 Å². The molecule has 27 heavy (non-hydrogen) atoms. The lowest BCUT2D eigenvalue weighted by atomic mass is 9.89. The fraction of sp³-hybridized carbons (Fsp3) is 0.600. The van der Waals surface area contributed by atoms with Crippen LogP contribution in [0.2, 0.25) is 0 Å². The summed E-state index contributed by atoms with van der Waals surface area (Å²) >= 11 is 0. The molecule has 4 heterocycles. The number of fused-ring (bicyclic) bond motifs is 1. The van der Waals surface area contributed by atoms with E-state index in [4.69, 9.17) is 4.84 Å². The average Bonchev–Trinajstić information content (AvgIpc) is 3.27. The highest BCUT2D eigenvalue weighted by Crippen LogP contribution is 2.31. The zero-order valence-corrected chi connectivity index (χ0v) is 16.5. The molecule has 0 bridgehead atoms. The van der Waals surface area contributed by atoms with Gasteiger partial charge in [0.25, 0.3) is 0 Å². The van der Waals surface area contributed by atoms with E-state index in [0.29, 0.717) is 5.92 Å². The molecule has 2 fully saturated rings. The number of hydrogen-bond donors (Lipinski definition) is 2. The number of aromatic nitrogens is 2. The summed E-state index contributed by atoms with van der Waals surface area (Å²) in [6, 6.07) is 4.43. The number of amides is 1. The number of likely N-dealkylation sites (N-methyl/N-ethyl adjacent to an activating group) is 1. The van der Waals surface area contributed by atoms with Crippen molar-refractivity contribution in [3.8, 4) is 0 Å². The van der Waals surface area contributed by atoms with Crippen LogP contribution in [0.5, 0.6) is 0 Å². The van der Waals surface area contributed by atoms with Crippen molar-refractivity contribution in [1.82, 2.24) is 20.3 Å². The summed E-state index contributed by atoms with van der Waals surface area (Å²) in [5, 5.41) is 1.12. The Labute approximate surface area is 160 Å². The Morgan fingerprint density at radius 2 is 2.15 bits per heavy atom. The monoisotopic (exact) mass is 371 g/mol. The second-order valence-corrected chi connectivity index (χ2v) is 8.05. The highest BCUT2D eigenvalue weighted by atomic mass is 16.7.